The number of carbonyl (C=O) groups is 1. The second-order valence-electron chi connectivity index (χ2n) is 8.33. The van der Waals surface area contributed by atoms with Gasteiger partial charge in [0, 0.05) is 25.2 Å². The molecule has 1 aliphatic heterocycles. The Labute approximate surface area is 173 Å². The zero-order valence-corrected chi connectivity index (χ0v) is 17.6. The van der Waals surface area contributed by atoms with E-state index in [-0.39, 0.29) is 6.09 Å². The van der Waals surface area contributed by atoms with Crippen molar-refractivity contribution in [2.24, 2.45) is 0 Å². The maximum absolute atomic E-state index is 14.0. The number of hydrogen-bond donors (Lipinski definition) is 0. The Hall–Kier alpha value is -1.69. The SMILES string of the molecule is CCCN(CCCCN1CCCCCOC1=O)C1CCc2c(F)cc(F)cc2C1. The summed E-state index contributed by atoms with van der Waals surface area (Å²) in [5.74, 6) is -0.885. The van der Waals surface area contributed by atoms with E-state index in [1.807, 2.05) is 4.90 Å². The average molecular weight is 409 g/mol. The Balaban J connectivity index is 1.50. The number of rotatable bonds is 8. The lowest BCUT2D eigenvalue weighted by Gasteiger charge is -2.35. The molecule has 1 aliphatic carbocycles. The molecule has 0 aromatic heterocycles. The molecule has 1 aromatic rings. The largest absolute Gasteiger partial charge is 0.449 e. The number of hydrogen-bond acceptors (Lipinski definition) is 3. The highest BCUT2D eigenvalue weighted by molar-refractivity contribution is 5.67. The third-order valence-corrected chi connectivity index (χ3v) is 6.14. The second kappa shape index (κ2) is 10.9. The predicted octanol–water partition coefficient (Wildman–Crippen LogP) is 4.94. The third-order valence-electron chi connectivity index (χ3n) is 6.14. The van der Waals surface area contributed by atoms with Crippen LogP contribution >= 0.6 is 0 Å². The molecule has 1 saturated heterocycles. The molecule has 0 radical (unpaired) electrons. The van der Waals surface area contributed by atoms with Crippen LogP contribution in [0.25, 0.3) is 0 Å². The van der Waals surface area contributed by atoms with Crippen LogP contribution in [0.15, 0.2) is 12.1 Å². The van der Waals surface area contributed by atoms with E-state index in [9.17, 15) is 13.6 Å². The molecule has 4 nitrogen and oxygen atoms in total. The molecule has 1 amide bonds. The molecule has 1 heterocycles. The number of benzene rings is 1. The number of amides is 1. The summed E-state index contributed by atoms with van der Waals surface area (Å²) in [6, 6.07) is 2.83. The molecule has 0 bridgehead atoms. The van der Waals surface area contributed by atoms with Gasteiger partial charge >= 0.3 is 6.09 Å². The van der Waals surface area contributed by atoms with Crippen LogP contribution in [0, 0.1) is 11.6 Å². The van der Waals surface area contributed by atoms with Gasteiger partial charge in [-0.2, -0.15) is 0 Å². The van der Waals surface area contributed by atoms with Gasteiger partial charge in [0.05, 0.1) is 6.61 Å². The van der Waals surface area contributed by atoms with E-state index >= 15 is 0 Å². The normalized spacial score (nSPS) is 20.2. The summed E-state index contributed by atoms with van der Waals surface area (Å²) in [6.07, 6.45) is 8.24. The Bertz CT molecular complexity index is 683. The summed E-state index contributed by atoms with van der Waals surface area (Å²) < 4.78 is 32.9. The van der Waals surface area contributed by atoms with Gasteiger partial charge < -0.3 is 14.5 Å². The van der Waals surface area contributed by atoms with E-state index in [2.05, 4.69) is 11.8 Å². The van der Waals surface area contributed by atoms with Gasteiger partial charge in [0.1, 0.15) is 11.6 Å². The molecule has 6 heteroatoms. The molecule has 29 heavy (non-hydrogen) atoms. The van der Waals surface area contributed by atoms with Gasteiger partial charge in [-0.25, -0.2) is 13.6 Å². The lowest BCUT2D eigenvalue weighted by molar-refractivity contribution is 0.0901. The minimum Gasteiger partial charge on any atom is -0.449 e. The molecule has 162 valence electrons. The van der Waals surface area contributed by atoms with Crippen molar-refractivity contribution in [1.82, 2.24) is 9.80 Å². The molecular formula is C23H34F2N2O2. The molecule has 0 saturated carbocycles. The minimum atomic E-state index is -0.482. The fraction of sp³-hybridized carbons (Fsp3) is 0.696. The van der Waals surface area contributed by atoms with Crippen LogP contribution in [-0.2, 0) is 17.6 Å². The van der Waals surface area contributed by atoms with Crippen molar-refractivity contribution in [3.05, 3.63) is 34.9 Å². The van der Waals surface area contributed by atoms with Gasteiger partial charge in [-0.3, -0.25) is 0 Å². The van der Waals surface area contributed by atoms with Gasteiger partial charge in [0.15, 0.2) is 0 Å². The zero-order chi connectivity index (χ0) is 20.6. The van der Waals surface area contributed by atoms with Crippen LogP contribution in [0.4, 0.5) is 13.6 Å². The first kappa shape index (κ1) is 22.0. The number of fused-ring (bicyclic) bond motifs is 1. The van der Waals surface area contributed by atoms with Crippen molar-refractivity contribution < 1.29 is 18.3 Å². The van der Waals surface area contributed by atoms with Crippen LogP contribution in [0.5, 0.6) is 0 Å². The van der Waals surface area contributed by atoms with E-state index in [0.717, 1.165) is 82.8 Å². The zero-order valence-electron chi connectivity index (χ0n) is 17.6. The first-order valence-corrected chi connectivity index (χ1v) is 11.2. The standard InChI is InChI=1S/C23H34F2N2O2/c1-2-10-26(11-5-6-13-27-12-4-3-7-14-29-23(27)28)20-8-9-21-18(16-20)15-19(24)17-22(21)25/h15,17,20H,2-14,16H2,1H3. The number of halogens is 2. The average Bonchev–Trinajstić information content (AvgIpc) is 2.68. The highest BCUT2D eigenvalue weighted by Gasteiger charge is 2.26. The van der Waals surface area contributed by atoms with Crippen molar-refractivity contribution in [2.45, 2.75) is 70.8 Å². The summed E-state index contributed by atoms with van der Waals surface area (Å²) in [6.45, 7) is 6.16. The van der Waals surface area contributed by atoms with Gasteiger partial charge in [-0.05, 0) is 88.1 Å². The summed E-state index contributed by atoms with van der Waals surface area (Å²) in [5, 5.41) is 0. The highest BCUT2D eigenvalue weighted by atomic mass is 19.1. The molecule has 2 aliphatic rings. The van der Waals surface area contributed by atoms with E-state index in [4.69, 9.17) is 4.74 Å². The Kier molecular flexibility index (Phi) is 8.28. The molecular weight excluding hydrogens is 374 g/mol. The van der Waals surface area contributed by atoms with E-state index in [0.29, 0.717) is 31.1 Å². The van der Waals surface area contributed by atoms with Crippen LogP contribution in [-0.4, -0.2) is 54.7 Å². The van der Waals surface area contributed by atoms with Crippen molar-refractivity contribution in [3.8, 4) is 0 Å². The number of carbonyl (C=O) groups excluding carboxylic acids is 1. The second-order valence-corrected chi connectivity index (χ2v) is 8.33. The number of unbranched alkanes of at least 4 members (excludes halogenated alkanes) is 1. The van der Waals surface area contributed by atoms with Crippen LogP contribution < -0.4 is 0 Å². The maximum Gasteiger partial charge on any atom is 0.409 e. The van der Waals surface area contributed by atoms with E-state index in [1.165, 1.54) is 6.07 Å². The number of cyclic esters (lactones) is 1. The Morgan fingerprint density at radius 1 is 1.17 bits per heavy atom. The Morgan fingerprint density at radius 3 is 2.86 bits per heavy atom. The maximum atomic E-state index is 14.0. The lowest BCUT2D eigenvalue weighted by atomic mass is 9.86. The van der Waals surface area contributed by atoms with Crippen molar-refractivity contribution >= 4 is 6.09 Å². The highest BCUT2D eigenvalue weighted by Crippen LogP contribution is 2.28. The van der Waals surface area contributed by atoms with Gasteiger partial charge in [-0.15, -0.1) is 0 Å². The van der Waals surface area contributed by atoms with Crippen LogP contribution in [0.2, 0.25) is 0 Å². The third kappa shape index (κ3) is 6.14. The van der Waals surface area contributed by atoms with Gasteiger partial charge in [0.2, 0.25) is 0 Å². The van der Waals surface area contributed by atoms with Gasteiger partial charge in [0.25, 0.3) is 0 Å². The van der Waals surface area contributed by atoms with Gasteiger partial charge in [-0.1, -0.05) is 6.92 Å². The van der Waals surface area contributed by atoms with Crippen LogP contribution in [0.3, 0.4) is 0 Å². The smallest absolute Gasteiger partial charge is 0.409 e. The fourth-order valence-electron chi connectivity index (χ4n) is 4.61. The molecule has 1 aromatic carbocycles. The van der Waals surface area contributed by atoms with E-state index in [1.54, 1.807) is 0 Å². The van der Waals surface area contributed by atoms with E-state index < -0.39 is 11.6 Å². The fourth-order valence-corrected chi connectivity index (χ4v) is 4.61. The predicted molar refractivity (Wildman–Crippen MR) is 110 cm³/mol. The number of nitrogens with zero attached hydrogens (tertiary/aromatic N) is 2. The first-order chi connectivity index (χ1) is 14.1. The lowest BCUT2D eigenvalue weighted by Crippen LogP contribution is -2.41. The Morgan fingerprint density at radius 2 is 2.03 bits per heavy atom. The van der Waals surface area contributed by atoms with Crippen LogP contribution in [0.1, 0.15) is 63.0 Å². The molecule has 1 atom stereocenters. The summed E-state index contributed by atoms with van der Waals surface area (Å²) in [7, 11) is 0. The van der Waals surface area contributed by atoms with Crippen molar-refractivity contribution in [2.75, 3.05) is 32.8 Å². The summed E-state index contributed by atoms with van der Waals surface area (Å²) in [5.41, 5.74) is 1.51. The molecule has 0 N–H and O–H groups in total. The molecule has 0 spiro atoms. The first-order valence-electron chi connectivity index (χ1n) is 11.2. The molecule has 1 unspecified atom stereocenters. The number of ether oxygens (including phenoxy) is 1. The quantitative estimate of drug-likeness (QED) is 0.572. The summed E-state index contributed by atoms with van der Waals surface area (Å²) >= 11 is 0. The topological polar surface area (TPSA) is 32.8 Å². The molecule has 3 rings (SSSR count). The van der Waals surface area contributed by atoms with Crippen molar-refractivity contribution in [1.29, 1.82) is 0 Å². The molecule has 1 fully saturated rings. The minimum absolute atomic E-state index is 0.178. The summed E-state index contributed by atoms with van der Waals surface area (Å²) in [4.78, 5) is 16.4. The van der Waals surface area contributed by atoms with Crippen molar-refractivity contribution in [3.63, 3.8) is 0 Å². The monoisotopic (exact) mass is 408 g/mol.